The third-order valence-corrected chi connectivity index (χ3v) is 2.55. The standard InChI is InChI=1S/C13H19NO/c1-9(2)8-11-4-6-12(7-5-11)10(3)13(14)15/h4-7,9-10H,8H2,1-3H3,(H2,14,15)/t10-/m0/s1. The first-order valence-corrected chi connectivity index (χ1v) is 5.39. The summed E-state index contributed by atoms with van der Waals surface area (Å²) < 4.78 is 0. The van der Waals surface area contributed by atoms with Crippen LogP contribution in [0.5, 0.6) is 0 Å². The average molecular weight is 205 g/mol. The molecule has 15 heavy (non-hydrogen) atoms. The van der Waals surface area contributed by atoms with Crippen LogP contribution in [0, 0.1) is 5.92 Å². The quantitative estimate of drug-likeness (QED) is 0.806. The van der Waals surface area contributed by atoms with Gasteiger partial charge < -0.3 is 5.73 Å². The van der Waals surface area contributed by atoms with Crippen LogP contribution in [0.4, 0.5) is 0 Å². The molecule has 0 aliphatic carbocycles. The molecule has 0 saturated heterocycles. The van der Waals surface area contributed by atoms with Gasteiger partial charge in [0.05, 0.1) is 5.92 Å². The van der Waals surface area contributed by atoms with Crippen LogP contribution in [0.1, 0.15) is 37.8 Å². The SMILES string of the molecule is CC(C)Cc1ccc([C@H](C)C(N)=O)cc1. The van der Waals surface area contributed by atoms with Crippen LogP contribution in [0.25, 0.3) is 0 Å². The minimum absolute atomic E-state index is 0.196. The summed E-state index contributed by atoms with van der Waals surface area (Å²) in [5, 5.41) is 0. The van der Waals surface area contributed by atoms with Crippen molar-refractivity contribution in [2.75, 3.05) is 0 Å². The first-order chi connectivity index (χ1) is 7.00. The van der Waals surface area contributed by atoms with E-state index < -0.39 is 0 Å². The van der Waals surface area contributed by atoms with Crippen molar-refractivity contribution in [2.24, 2.45) is 11.7 Å². The Hall–Kier alpha value is -1.31. The second-order valence-electron chi connectivity index (χ2n) is 4.46. The minimum Gasteiger partial charge on any atom is -0.369 e. The maximum Gasteiger partial charge on any atom is 0.224 e. The Kier molecular flexibility index (Phi) is 3.89. The third-order valence-electron chi connectivity index (χ3n) is 2.55. The number of benzene rings is 1. The van der Waals surface area contributed by atoms with Gasteiger partial charge >= 0.3 is 0 Å². The van der Waals surface area contributed by atoms with Crippen molar-refractivity contribution in [2.45, 2.75) is 33.1 Å². The second-order valence-corrected chi connectivity index (χ2v) is 4.46. The van der Waals surface area contributed by atoms with Crippen LogP contribution in [0.15, 0.2) is 24.3 Å². The minimum atomic E-state index is -0.272. The van der Waals surface area contributed by atoms with Gasteiger partial charge in [-0.1, -0.05) is 38.1 Å². The van der Waals surface area contributed by atoms with Gasteiger partial charge in [0, 0.05) is 0 Å². The highest BCUT2D eigenvalue weighted by molar-refractivity contribution is 5.81. The lowest BCUT2D eigenvalue weighted by molar-refractivity contribution is -0.119. The van der Waals surface area contributed by atoms with Crippen LogP contribution in [-0.2, 0) is 11.2 Å². The van der Waals surface area contributed by atoms with E-state index in [1.807, 2.05) is 19.1 Å². The van der Waals surface area contributed by atoms with Crippen LogP contribution in [0.2, 0.25) is 0 Å². The highest BCUT2D eigenvalue weighted by atomic mass is 16.1. The van der Waals surface area contributed by atoms with Crippen LogP contribution >= 0.6 is 0 Å². The lowest BCUT2D eigenvalue weighted by Crippen LogP contribution is -2.18. The molecule has 0 aliphatic heterocycles. The molecule has 0 aromatic heterocycles. The van der Waals surface area contributed by atoms with Crippen LogP contribution in [-0.4, -0.2) is 5.91 Å². The first-order valence-electron chi connectivity index (χ1n) is 5.39. The topological polar surface area (TPSA) is 43.1 Å². The maximum absolute atomic E-state index is 11.0. The molecule has 0 spiro atoms. The van der Waals surface area contributed by atoms with Crippen molar-refractivity contribution in [3.05, 3.63) is 35.4 Å². The van der Waals surface area contributed by atoms with E-state index in [4.69, 9.17) is 5.73 Å². The Morgan fingerprint density at radius 3 is 2.13 bits per heavy atom. The number of hydrogen-bond donors (Lipinski definition) is 1. The van der Waals surface area contributed by atoms with E-state index in [0.29, 0.717) is 5.92 Å². The van der Waals surface area contributed by atoms with Crippen molar-refractivity contribution in [1.29, 1.82) is 0 Å². The van der Waals surface area contributed by atoms with E-state index in [0.717, 1.165) is 12.0 Å². The average Bonchev–Trinajstić information content (AvgIpc) is 2.17. The van der Waals surface area contributed by atoms with Gasteiger partial charge in [-0.15, -0.1) is 0 Å². The number of rotatable bonds is 4. The monoisotopic (exact) mass is 205 g/mol. The van der Waals surface area contributed by atoms with Crippen molar-refractivity contribution < 1.29 is 4.79 Å². The van der Waals surface area contributed by atoms with Gasteiger partial charge in [0.2, 0.25) is 5.91 Å². The molecule has 2 nitrogen and oxygen atoms in total. The largest absolute Gasteiger partial charge is 0.369 e. The lowest BCUT2D eigenvalue weighted by Gasteiger charge is -2.09. The number of carbonyl (C=O) groups excluding carboxylic acids is 1. The van der Waals surface area contributed by atoms with Gasteiger partial charge in [-0.3, -0.25) is 4.79 Å². The van der Waals surface area contributed by atoms with E-state index in [1.165, 1.54) is 5.56 Å². The molecule has 0 bridgehead atoms. The summed E-state index contributed by atoms with van der Waals surface area (Å²) in [6.45, 7) is 6.22. The summed E-state index contributed by atoms with van der Waals surface area (Å²) in [5.41, 5.74) is 7.55. The van der Waals surface area contributed by atoms with Crippen molar-refractivity contribution in [3.63, 3.8) is 0 Å². The summed E-state index contributed by atoms with van der Waals surface area (Å²) in [6.07, 6.45) is 1.07. The Bertz CT molecular complexity index is 327. The molecule has 1 atom stereocenters. The highest BCUT2D eigenvalue weighted by Gasteiger charge is 2.10. The summed E-state index contributed by atoms with van der Waals surface area (Å²) >= 11 is 0. The summed E-state index contributed by atoms with van der Waals surface area (Å²) in [6, 6.07) is 8.14. The van der Waals surface area contributed by atoms with Crippen molar-refractivity contribution in [3.8, 4) is 0 Å². The molecular formula is C13H19NO. The Balaban J connectivity index is 2.76. The van der Waals surface area contributed by atoms with E-state index in [9.17, 15) is 4.79 Å². The number of hydrogen-bond acceptors (Lipinski definition) is 1. The molecule has 2 heteroatoms. The molecule has 1 aromatic rings. The molecule has 1 aromatic carbocycles. The molecule has 1 amide bonds. The van der Waals surface area contributed by atoms with Gasteiger partial charge in [-0.2, -0.15) is 0 Å². The molecule has 0 aliphatic rings. The number of carbonyl (C=O) groups is 1. The van der Waals surface area contributed by atoms with Gasteiger partial charge in [-0.25, -0.2) is 0 Å². The fourth-order valence-electron chi connectivity index (χ4n) is 1.58. The van der Waals surface area contributed by atoms with E-state index in [1.54, 1.807) is 0 Å². The van der Waals surface area contributed by atoms with Gasteiger partial charge in [0.25, 0.3) is 0 Å². The molecule has 0 radical (unpaired) electrons. The molecule has 0 heterocycles. The van der Waals surface area contributed by atoms with Crippen LogP contribution < -0.4 is 5.73 Å². The molecule has 1 rings (SSSR count). The zero-order valence-corrected chi connectivity index (χ0v) is 9.66. The molecule has 0 fully saturated rings. The van der Waals surface area contributed by atoms with Gasteiger partial charge in [-0.05, 0) is 30.4 Å². The predicted octanol–water partition coefficient (Wildman–Crippen LogP) is 2.47. The zero-order valence-electron chi connectivity index (χ0n) is 9.66. The summed E-state index contributed by atoms with van der Waals surface area (Å²) in [4.78, 5) is 11.0. The van der Waals surface area contributed by atoms with E-state index in [-0.39, 0.29) is 11.8 Å². The fourth-order valence-corrected chi connectivity index (χ4v) is 1.58. The molecule has 82 valence electrons. The summed E-state index contributed by atoms with van der Waals surface area (Å²) in [5.74, 6) is 0.189. The number of amides is 1. The van der Waals surface area contributed by atoms with E-state index >= 15 is 0 Å². The molecule has 0 saturated carbocycles. The first kappa shape index (κ1) is 11.8. The Morgan fingerprint density at radius 1 is 1.20 bits per heavy atom. The maximum atomic E-state index is 11.0. The van der Waals surface area contributed by atoms with Gasteiger partial charge in [0.15, 0.2) is 0 Å². The fraction of sp³-hybridized carbons (Fsp3) is 0.462. The molecule has 0 unspecified atom stereocenters. The Labute approximate surface area is 91.5 Å². The van der Waals surface area contributed by atoms with Crippen LogP contribution in [0.3, 0.4) is 0 Å². The zero-order chi connectivity index (χ0) is 11.4. The van der Waals surface area contributed by atoms with Crippen molar-refractivity contribution in [1.82, 2.24) is 0 Å². The normalized spacial score (nSPS) is 12.8. The number of primary amides is 1. The number of nitrogens with two attached hydrogens (primary N) is 1. The third kappa shape index (κ3) is 3.39. The Morgan fingerprint density at radius 2 is 1.73 bits per heavy atom. The van der Waals surface area contributed by atoms with E-state index in [2.05, 4.69) is 26.0 Å². The van der Waals surface area contributed by atoms with Gasteiger partial charge in [0.1, 0.15) is 0 Å². The highest BCUT2D eigenvalue weighted by Crippen LogP contribution is 2.16. The second kappa shape index (κ2) is 4.96. The smallest absolute Gasteiger partial charge is 0.224 e. The van der Waals surface area contributed by atoms with Crippen molar-refractivity contribution >= 4 is 5.91 Å². The molecule has 2 N–H and O–H groups in total. The predicted molar refractivity (Wildman–Crippen MR) is 62.6 cm³/mol. The summed E-state index contributed by atoms with van der Waals surface area (Å²) in [7, 11) is 0. The molecular weight excluding hydrogens is 186 g/mol. The lowest BCUT2D eigenvalue weighted by atomic mass is 9.96.